The number of piperidine rings is 1. The van der Waals surface area contributed by atoms with Gasteiger partial charge in [-0.2, -0.15) is 0 Å². The van der Waals surface area contributed by atoms with Crippen LogP contribution in [0.5, 0.6) is 0 Å². The van der Waals surface area contributed by atoms with Gasteiger partial charge in [0.2, 0.25) is 5.91 Å². The summed E-state index contributed by atoms with van der Waals surface area (Å²) < 4.78 is 28.5. The van der Waals surface area contributed by atoms with E-state index in [1.165, 1.54) is 6.20 Å². The van der Waals surface area contributed by atoms with Crippen molar-refractivity contribution in [1.82, 2.24) is 15.2 Å². The van der Waals surface area contributed by atoms with Crippen LogP contribution in [0.1, 0.15) is 23.2 Å². The molecule has 1 aromatic carbocycles. The Balaban J connectivity index is 1.67. The van der Waals surface area contributed by atoms with Crippen LogP contribution in [0.2, 0.25) is 0 Å². The van der Waals surface area contributed by atoms with Crippen molar-refractivity contribution in [3.63, 3.8) is 0 Å². The van der Waals surface area contributed by atoms with E-state index >= 15 is 0 Å². The lowest BCUT2D eigenvalue weighted by molar-refractivity contribution is -0.144. The van der Waals surface area contributed by atoms with Crippen molar-refractivity contribution in [2.24, 2.45) is 5.41 Å². The Labute approximate surface area is 143 Å². The number of amides is 2. The number of carbonyl (C=O) groups is 2. The summed E-state index contributed by atoms with van der Waals surface area (Å²) in [6.07, 6.45) is 1.21. The molecule has 2 aromatic rings. The first-order valence-electron chi connectivity index (χ1n) is 8.19. The Morgan fingerprint density at radius 1 is 1.24 bits per heavy atom. The van der Waals surface area contributed by atoms with Gasteiger partial charge in [0.15, 0.2) is 0 Å². The zero-order valence-electron chi connectivity index (χ0n) is 13.5. The molecule has 2 saturated heterocycles. The summed E-state index contributed by atoms with van der Waals surface area (Å²) in [5.41, 5.74) is -0.207. The summed E-state index contributed by atoms with van der Waals surface area (Å²) in [7, 11) is 0. The summed E-state index contributed by atoms with van der Waals surface area (Å²) >= 11 is 0. The van der Waals surface area contributed by atoms with Gasteiger partial charge in [-0.15, -0.1) is 0 Å². The third-order valence-electron chi connectivity index (χ3n) is 5.01. The fourth-order valence-corrected chi connectivity index (χ4v) is 3.86. The predicted octanol–water partition coefficient (Wildman–Crippen LogP) is 2.22. The Hall–Kier alpha value is -2.57. The smallest absolute Gasteiger partial charge is 0.266 e. The molecule has 2 aliphatic rings. The Kier molecular flexibility index (Phi) is 3.49. The van der Waals surface area contributed by atoms with E-state index in [2.05, 4.69) is 10.3 Å². The maximum atomic E-state index is 14.3. The number of para-hydroxylation sites is 1. The second-order valence-electron chi connectivity index (χ2n) is 6.90. The number of carbonyl (C=O) groups excluding carboxylic acids is 2. The van der Waals surface area contributed by atoms with Crippen LogP contribution in [-0.4, -0.2) is 47.3 Å². The standard InChI is InChI=1S/C18H17F2N3O2/c19-18(20)9-17(5-6-21-16(17)25)10-23(11-18)15(24)13-7-12-3-1-2-4-14(12)22-8-13/h1-4,7-8H,5-6,9-11H2,(H,21,25)/t17-/m1/s1. The number of nitrogens with one attached hydrogen (secondary N) is 1. The summed E-state index contributed by atoms with van der Waals surface area (Å²) in [5, 5.41) is 3.39. The summed E-state index contributed by atoms with van der Waals surface area (Å²) in [6.45, 7) is -0.289. The number of alkyl halides is 2. The van der Waals surface area contributed by atoms with Gasteiger partial charge in [0.1, 0.15) is 0 Å². The number of nitrogens with zero attached hydrogens (tertiary/aromatic N) is 2. The van der Waals surface area contributed by atoms with Crippen molar-refractivity contribution in [2.75, 3.05) is 19.6 Å². The van der Waals surface area contributed by atoms with Crippen LogP contribution in [0.4, 0.5) is 8.78 Å². The first-order valence-corrected chi connectivity index (χ1v) is 8.19. The van der Waals surface area contributed by atoms with Gasteiger partial charge in [-0.25, -0.2) is 8.78 Å². The lowest BCUT2D eigenvalue weighted by atomic mass is 9.77. The third-order valence-corrected chi connectivity index (χ3v) is 5.01. The minimum Gasteiger partial charge on any atom is -0.356 e. The highest BCUT2D eigenvalue weighted by atomic mass is 19.3. The number of hydrogen-bond acceptors (Lipinski definition) is 3. The van der Waals surface area contributed by atoms with Gasteiger partial charge >= 0.3 is 0 Å². The van der Waals surface area contributed by atoms with Crippen LogP contribution >= 0.6 is 0 Å². The van der Waals surface area contributed by atoms with Crippen molar-refractivity contribution < 1.29 is 18.4 Å². The Bertz CT molecular complexity index is 870. The molecule has 1 spiro atoms. The second-order valence-corrected chi connectivity index (χ2v) is 6.90. The number of likely N-dealkylation sites (tertiary alicyclic amines) is 1. The quantitative estimate of drug-likeness (QED) is 0.862. The molecule has 0 unspecified atom stereocenters. The number of benzene rings is 1. The fourth-order valence-electron chi connectivity index (χ4n) is 3.86. The number of pyridine rings is 1. The molecule has 0 aliphatic carbocycles. The zero-order valence-corrected chi connectivity index (χ0v) is 13.5. The van der Waals surface area contributed by atoms with Gasteiger partial charge < -0.3 is 10.2 Å². The molecule has 0 saturated carbocycles. The van der Waals surface area contributed by atoms with Crippen LogP contribution in [0, 0.1) is 5.41 Å². The zero-order chi connectivity index (χ0) is 17.7. The first-order chi connectivity index (χ1) is 11.9. The van der Waals surface area contributed by atoms with Crippen LogP contribution < -0.4 is 5.32 Å². The van der Waals surface area contributed by atoms with E-state index in [4.69, 9.17) is 0 Å². The lowest BCUT2D eigenvalue weighted by Gasteiger charge is -2.42. The average molecular weight is 345 g/mol. The van der Waals surface area contributed by atoms with Gasteiger partial charge in [0.25, 0.3) is 11.8 Å². The van der Waals surface area contributed by atoms with Crippen LogP contribution in [-0.2, 0) is 4.79 Å². The SMILES string of the molecule is O=C(c1cnc2ccccc2c1)N1CC(F)(F)C[C@]2(CCNC2=O)C1. The van der Waals surface area contributed by atoms with Crippen LogP contribution in [0.25, 0.3) is 10.9 Å². The van der Waals surface area contributed by atoms with Gasteiger partial charge in [-0.1, -0.05) is 18.2 Å². The molecule has 130 valence electrons. The molecule has 2 amide bonds. The number of fused-ring (bicyclic) bond motifs is 1. The van der Waals surface area contributed by atoms with Gasteiger partial charge in [0, 0.05) is 31.1 Å². The minimum atomic E-state index is -3.08. The average Bonchev–Trinajstić information content (AvgIpc) is 2.91. The molecule has 2 aliphatic heterocycles. The van der Waals surface area contributed by atoms with Crippen molar-refractivity contribution in [3.05, 3.63) is 42.1 Å². The minimum absolute atomic E-state index is 0.0140. The summed E-state index contributed by atoms with van der Waals surface area (Å²) in [4.78, 5) is 30.2. The molecule has 7 heteroatoms. The Morgan fingerprint density at radius 2 is 2.04 bits per heavy atom. The van der Waals surface area contributed by atoms with Crippen LogP contribution in [0.15, 0.2) is 36.5 Å². The van der Waals surface area contributed by atoms with Gasteiger partial charge in [0.05, 0.1) is 23.0 Å². The topological polar surface area (TPSA) is 62.3 Å². The summed E-state index contributed by atoms with van der Waals surface area (Å²) in [6, 6.07) is 8.95. The van der Waals surface area contributed by atoms with Crippen molar-refractivity contribution >= 4 is 22.7 Å². The number of hydrogen-bond donors (Lipinski definition) is 1. The highest BCUT2D eigenvalue weighted by Crippen LogP contribution is 2.43. The normalized spacial score (nSPS) is 25.4. The highest BCUT2D eigenvalue weighted by Gasteiger charge is 2.55. The molecule has 1 N–H and O–H groups in total. The van der Waals surface area contributed by atoms with Crippen molar-refractivity contribution in [1.29, 1.82) is 0 Å². The van der Waals surface area contributed by atoms with Crippen LogP contribution in [0.3, 0.4) is 0 Å². The van der Waals surface area contributed by atoms with E-state index in [1.807, 2.05) is 24.3 Å². The number of rotatable bonds is 1. The maximum Gasteiger partial charge on any atom is 0.266 e. The Morgan fingerprint density at radius 3 is 2.80 bits per heavy atom. The molecule has 2 fully saturated rings. The van der Waals surface area contributed by atoms with Gasteiger partial charge in [-0.3, -0.25) is 14.6 Å². The lowest BCUT2D eigenvalue weighted by Crippen LogP contribution is -2.56. The molecule has 0 radical (unpaired) electrons. The molecular formula is C18H17F2N3O2. The van der Waals surface area contributed by atoms with Crippen molar-refractivity contribution in [2.45, 2.75) is 18.8 Å². The molecule has 3 heterocycles. The summed E-state index contributed by atoms with van der Waals surface area (Å²) in [5.74, 6) is -3.99. The molecule has 1 atom stereocenters. The fraction of sp³-hybridized carbons (Fsp3) is 0.389. The van der Waals surface area contributed by atoms with E-state index < -0.39 is 30.2 Å². The van der Waals surface area contributed by atoms with Gasteiger partial charge in [-0.05, 0) is 18.6 Å². The number of halogens is 2. The van der Waals surface area contributed by atoms with E-state index in [0.717, 1.165) is 15.8 Å². The predicted molar refractivity (Wildman–Crippen MR) is 87.3 cm³/mol. The molecule has 5 nitrogen and oxygen atoms in total. The number of aromatic nitrogens is 1. The van der Waals surface area contributed by atoms with E-state index in [-0.39, 0.29) is 18.0 Å². The van der Waals surface area contributed by atoms with E-state index in [0.29, 0.717) is 13.0 Å². The van der Waals surface area contributed by atoms with E-state index in [9.17, 15) is 18.4 Å². The first kappa shape index (κ1) is 15.9. The monoisotopic (exact) mass is 345 g/mol. The van der Waals surface area contributed by atoms with Crippen molar-refractivity contribution in [3.8, 4) is 0 Å². The molecule has 25 heavy (non-hydrogen) atoms. The highest BCUT2D eigenvalue weighted by molar-refractivity contribution is 5.98. The molecule has 0 bridgehead atoms. The largest absolute Gasteiger partial charge is 0.356 e. The molecular weight excluding hydrogens is 328 g/mol. The maximum absolute atomic E-state index is 14.3. The second kappa shape index (κ2) is 5.47. The third kappa shape index (κ3) is 2.73. The molecule has 4 rings (SSSR count). The van der Waals surface area contributed by atoms with E-state index in [1.54, 1.807) is 6.07 Å². The molecule has 1 aromatic heterocycles.